The average Bonchev–Trinajstić information content (AvgIpc) is 2.62. The summed E-state index contributed by atoms with van der Waals surface area (Å²) in [6.07, 6.45) is 0. The molecule has 130 valence electrons. The first kappa shape index (κ1) is 17.1. The van der Waals surface area contributed by atoms with Gasteiger partial charge in [-0.3, -0.25) is 0 Å². The minimum absolute atomic E-state index is 0.156. The molecule has 0 aliphatic heterocycles. The summed E-state index contributed by atoms with van der Waals surface area (Å²) in [6, 6.07) is 21.6. The highest BCUT2D eigenvalue weighted by Crippen LogP contribution is 2.24. The lowest BCUT2D eigenvalue weighted by Crippen LogP contribution is -2.01. The minimum atomic E-state index is -0.992. The molecule has 0 aliphatic rings. The summed E-state index contributed by atoms with van der Waals surface area (Å²) in [5, 5.41) is 21.8. The van der Waals surface area contributed by atoms with Gasteiger partial charge in [-0.25, -0.2) is 4.79 Å². The summed E-state index contributed by atoms with van der Waals surface area (Å²) >= 11 is 0. The molecule has 0 spiro atoms. The lowest BCUT2D eigenvalue weighted by Gasteiger charge is -2.03. The Labute approximate surface area is 150 Å². The number of rotatable bonds is 1. The van der Waals surface area contributed by atoms with E-state index >= 15 is 0 Å². The number of nitrogens with two attached hydrogens (primary N) is 2. The van der Waals surface area contributed by atoms with Crippen molar-refractivity contribution in [3.8, 4) is 5.75 Å². The Balaban J connectivity index is 0.000000152. The summed E-state index contributed by atoms with van der Waals surface area (Å²) < 4.78 is 0. The number of hydrogen-bond acceptors (Lipinski definition) is 4. The highest BCUT2D eigenvalue weighted by atomic mass is 16.4. The number of fused-ring (bicyclic) bond motifs is 2. The number of aromatic hydroxyl groups is 1. The molecule has 0 atom stereocenters. The number of carbonyl (C=O) groups is 1. The number of hydrogen-bond donors (Lipinski definition) is 4. The molecule has 26 heavy (non-hydrogen) atoms. The zero-order valence-corrected chi connectivity index (χ0v) is 13.9. The predicted molar refractivity (Wildman–Crippen MR) is 105 cm³/mol. The lowest BCUT2D eigenvalue weighted by atomic mass is 10.1. The number of anilines is 2. The molecule has 0 amide bonds. The fraction of sp³-hybridized carbons (Fsp3) is 0. The SMILES string of the molecule is Nc1cc2ccccc2cc1C(=O)O.Nc1cccc2ccc(O)cc12. The van der Waals surface area contributed by atoms with Crippen LogP contribution >= 0.6 is 0 Å². The standard InChI is InChI=1S/C11H9NO2.C10H9NO/c12-10-6-8-4-2-1-3-7(8)5-9(10)11(13)14;11-10-3-1-2-7-4-5-8(12)6-9(7)10/h1-6H,12H2,(H,13,14);1-6,12H,11H2. The van der Waals surface area contributed by atoms with Crippen molar-refractivity contribution in [2.24, 2.45) is 0 Å². The van der Waals surface area contributed by atoms with Crippen LogP contribution in [-0.4, -0.2) is 16.2 Å². The number of phenolic OH excluding ortho intramolecular Hbond substituents is 1. The highest BCUT2D eigenvalue weighted by molar-refractivity contribution is 6.00. The third kappa shape index (κ3) is 3.52. The summed E-state index contributed by atoms with van der Waals surface area (Å²) in [4.78, 5) is 10.8. The van der Waals surface area contributed by atoms with E-state index in [1.54, 1.807) is 24.3 Å². The highest BCUT2D eigenvalue weighted by Gasteiger charge is 2.08. The van der Waals surface area contributed by atoms with Crippen LogP contribution in [-0.2, 0) is 0 Å². The van der Waals surface area contributed by atoms with Crippen LogP contribution in [0.25, 0.3) is 21.5 Å². The van der Waals surface area contributed by atoms with E-state index in [0.29, 0.717) is 11.4 Å². The van der Waals surface area contributed by atoms with Crippen molar-refractivity contribution in [2.75, 3.05) is 11.5 Å². The zero-order valence-electron chi connectivity index (χ0n) is 13.9. The van der Waals surface area contributed by atoms with Crippen molar-refractivity contribution in [3.05, 3.63) is 78.4 Å². The van der Waals surface area contributed by atoms with Crippen LogP contribution in [0.4, 0.5) is 11.4 Å². The van der Waals surface area contributed by atoms with Crippen LogP contribution in [0.2, 0.25) is 0 Å². The van der Waals surface area contributed by atoms with Crippen LogP contribution in [0.1, 0.15) is 10.4 Å². The van der Waals surface area contributed by atoms with E-state index in [1.807, 2.05) is 48.5 Å². The van der Waals surface area contributed by atoms with Crippen LogP contribution in [0, 0.1) is 0 Å². The Morgan fingerprint density at radius 3 is 2.08 bits per heavy atom. The molecule has 0 bridgehead atoms. The Hall–Kier alpha value is -3.73. The monoisotopic (exact) mass is 346 g/mol. The number of aromatic carboxylic acids is 1. The van der Waals surface area contributed by atoms with Gasteiger partial charge < -0.3 is 21.7 Å². The van der Waals surface area contributed by atoms with Gasteiger partial charge in [-0.1, -0.05) is 42.5 Å². The Bertz CT molecular complexity index is 1110. The maximum Gasteiger partial charge on any atom is 0.337 e. The summed E-state index contributed by atoms with van der Waals surface area (Å²) in [5.74, 6) is -0.742. The third-order valence-corrected chi connectivity index (χ3v) is 4.05. The topological polar surface area (TPSA) is 110 Å². The van der Waals surface area contributed by atoms with Crippen molar-refractivity contribution >= 4 is 38.9 Å². The minimum Gasteiger partial charge on any atom is -0.508 e. The molecule has 0 radical (unpaired) electrons. The smallest absolute Gasteiger partial charge is 0.337 e. The molecule has 0 saturated heterocycles. The molecule has 5 nitrogen and oxygen atoms in total. The molecule has 0 unspecified atom stereocenters. The van der Waals surface area contributed by atoms with Crippen molar-refractivity contribution < 1.29 is 15.0 Å². The van der Waals surface area contributed by atoms with Crippen LogP contribution < -0.4 is 11.5 Å². The first-order valence-corrected chi connectivity index (χ1v) is 7.94. The Kier molecular flexibility index (Phi) is 4.62. The van der Waals surface area contributed by atoms with Gasteiger partial charge in [-0.15, -0.1) is 0 Å². The van der Waals surface area contributed by atoms with Crippen LogP contribution in [0.5, 0.6) is 5.75 Å². The molecule has 4 aromatic carbocycles. The van der Waals surface area contributed by atoms with Crippen molar-refractivity contribution in [3.63, 3.8) is 0 Å². The molecule has 0 aliphatic carbocycles. The van der Waals surface area contributed by atoms with E-state index in [2.05, 4.69) is 0 Å². The summed E-state index contributed by atoms with van der Waals surface area (Å²) in [6.45, 7) is 0. The molecule has 4 aromatic rings. The lowest BCUT2D eigenvalue weighted by molar-refractivity contribution is 0.0698. The van der Waals surface area contributed by atoms with E-state index in [0.717, 1.165) is 21.5 Å². The number of nitrogen functional groups attached to an aromatic ring is 2. The van der Waals surface area contributed by atoms with E-state index in [1.165, 1.54) is 0 Å². The second-order valence-corrected chi connectivity index (χ2v) is 5.84. The number of phenols is 1. The van der Waals surface area contributed by atoms with Gasteiger partial charge in [0, 0.05) is 16.8 Å². The third-order valence-electron chi connectivity index (χ3n) is 4.05. The molecular formula is C21H18N2O3. The van der Waals surface area contributed by atoms with Gasteiger partial charge in [0.1, 0.15) is 5.75 Å². The molecule has 0 heterocycles. The van der Waals surface area contributed by atoms with Crippen LogP contribution in [0.15, 0.2) is 72.8 Å². The Morgan fingerprint density at radius 1 is 0.731 bits per heavy atom. The second-order valence-electron chi connectivity index (χ2n) is 5.84. The largest absolute Gasteiger partial charge is 0.508 e. The van der Waals surface area contributed by atoms with E-state index in [-0.39, 0.29) is 11.3 Å². The molecule has 4 rings (SSSR count). The first-order chi connectivity index (χ1) is 12.5. The van der Waals surface area contributed by atoms with Gasteiger partial charge in [0.2, 0.25) is 0 Å². The number of carboxylic acids is 1. The van der Waals surface area contributed by atoms with Gasteiger partial charge in [0.15, 0.2) is 0 Å². The number of benzene rings is 4. The fourth-order valence-electron chi connectivity index (χ4n) is 2.73. The van der Waals surface area contributed by atoms with Gasteiger partial charge in [-0.05, 0) is 46.5 Å². The normalized spacial score (nSPS) is 10.3. The van der Waals surface area contributed by atoms with E-state index in [9.17, 15) is 9.90 Å². The van der Waals surface area contributed by atoms with Crippen molar-refractivity contribution in [1.82, 2.24) is 0 Å². The Morgan fingerprint density at radius 2 is 1.38 bits per heavy atom. The summed E-state index contributed by atoms with van der Waals surface area (Å²) in [7, 11) is 0. The van der Waals surface area contributed by atoms with Crippen molar-refractivity contribution in [1.29, 1.82) is 0 Å². The average molecular weight is 346 g/mol. The van der Waals surface area contributed by atoms with Gasteiger partial charge in [0.25, 0.3) is 0 Å². The van der Waals surface area contributed by atoms with E-state index < -0.39 is 5.97 Å². The van der Waals surface area contributed by atoms with Gasteiger partial charge in [-0.2, -0.15) is 0 Å². The molecule has 6 N–H and O–H groups in total. The molecule has 5 heteroatoms. The predicted octanol–water partition coefficient (Wildman–Crippen LogP) is 4.25. The first-order valence-electron chi connectivity index (χ1n) is 7.94. The molecular weight excluding hydrogens is 328 g/mol. The molecule has 0 aromatic heterocycles. The van der Waals surface area contributed by atoms with E-state index in [4.69, 9.17) is 16.6 Å². The summed E-state index contributed by atoms with van der Waals surface area (Å²) in [5.41, 5.74) is 12.5. The van der Waals surface area contributed by atoms with Gasteiger partial charge >= 0.3 is 5.97 Å². The zero-order chi connectivity index (χ0) is 18.7. The molecule has 0 saturated carbocycles. The quantitative estimate of drug-likeness (QED) is 0.385. The van der Waals surface area contributed by atoms with Gasteiger partial charge in [0.05, 0.1) is 5.56 Å². The van der Waals surface area contributed by atoms with Crippen LogP contribution in [0.3, 0.4) is 0 Å². The number of carboxylic acid groups (broad SMARTS) is 1. The maximum absolute atomic E-state index is 10.8. The fourth-order valence-corrected chi connectivity index (χ4v) is 2.73. The maximum atomic E-state index is 10.8. The second kappa shape index (κ2) is 7.03. The molecule has 0 fully saturated rings. The van der Waals surface area contributed by atoms with Crippen molar-refractivity contribution in [2.45, 2.75) is 0 Å².